The molecule has 1 atom stereocenters. The average molecular weight is 382 g/mol. The van der Waals surface area contributed by atoms with Crippen LogP contribution in [0.2, 0.25) is 0 Å². The highest BCUT2D eigenvalue weighted by Crippen LogP contribution is 2.24. The Morgan fingerprint density at radius 3 is 2.45 bits per heavy atom. The van der Waals surface area contributed by atoms with Gasteiger partial charge in [0.1, 0.15) is 5.60 Å². The third-order valence-electron chi connectivity index (χ3n) is 2.57. The van der Waals surface area contributed by atoms with Gasteiger partial charge in [-0.25, -0.2) is 4.79 Å². The number of rotatable bonds is 4. The Morgan fingerprint density at radius 2 is 1.95 bits per heavy atom. The monoisotopic (exact) mass is 381 g/mol. The lowest BCUT2D eigenvalue weighted by atomic mass is 10.0. The van der Waals surface area contributed by atoms with Crippen molar-refractivity contribution in [2.45, 2.75) is 51.4 Å². The normalized spacial score (nSPS) is 13.6. The molecule has 3 nitrogen and oxygen atoms in total. The number of nitrogens with one attached hydrogen (secondary N) is 1. The predicted molar refractivity (Wildman–Crippen MR) is 81.7 cm³/mol. The van der Waals surface area contributed by atoms with E-state index < -0.39 is 30.3 Å². The van der Waals surface area contributed by atoms with Gasteiger partial charge in [0.05, 0.1) is 6.42 Å². The summed E-state index contributed by atoms with van der Waals surface area (Å²) >= 11 is 3.27. The van der Waals surface area contributed by atoms with E-state index in [1.54, 1.807) is 45.0 Å². The Labute approximate surface area is 136 Å². The number of ether oxygens (including phenoxy) is 1. The maximum Gasteiger partial charge on any atom is 0.407 e. The van der Waals surface area contributed by atoms with Crippen molar-refractivity contribution >= 4 is 22.0 Å². The number of halogens is 4. The molecule has 0 radical (unpaired) electrons. The zero-order valence-electron chi connectivity index (χ0n) is 12.6. The van der Waals surface area contributed by atoms with Gasteiger partial charge in [0.15, 0.2) is 0 Å². The standard InChI is InChI=1S/C15H19BrF3NO2/c1-14(2,3)22-13(21)20-12(9-15(17,18)19)8-10-5-4-6-11(16)7-10/h4-7,12H,8-9H2,1-3H3,(H,20,21). The minimum Gasteiger partial charge on any atom is -0.444 e. The number of amides is 1. The van der Waals surface area contributed by atoms with E-state index in [-0.39, 0.29) is 6.42 Å². The Balaban J connectivity index is 2.78. The van der Waals surface area contributed by atoms with Gasteiger partial charge in [-0.15, -0.1) is 0 Å². The first kappa shape index (κ1) is 18.8. The SMILES string of the molecule is CC(C)(C)OC(=O)NC(Cc1cccc(Br)c1)CC(F)(F)F. The minimum absolute atomic E-state index is 0.0677. The summed E-state index contributed by atoms with van der Waals surface area (Å²) in [5.74, 6) is 0. The van der Waals surface area contributed by atoms with E-state index in [9.17, 15) is 18.0 Å². The van der Waals surface area contributed by atoms with Crippen molar-refractivity contribution in [1.82, 2.24) is 5.32 Å². The second-order valence-corrected chi connectivity index (χ2v) is 6.91. The van der Waals surface area contributed by atoms with Gasteiger partial charge in [-0.2, -0.15) is 13.2 Å². The smallest absolute Gasteiger partial charge is 0.407 e. The van der Waals surface area contributed by atoms with Crippen LogP contribution in [-0.4, -0.2) is 23.9 Å². The highest BCUT2D eigenvalue weighted by molar-refractivity contribution is 9.10. The van der Waals surface area contributed by atoms with Crippen LogP contribution in [0.25, 0.3) is 0 Å². The Hall–Kier alpha value is -1.24. The van der Waals surface area contributed by atoms with Gasteiger partial charge in [-0.3, -0.25) is 0 Å². The molecule has 7 heteroatoms. The number of hydrogen-bond acceptors (Lipinski definition) is 2. The average Bonchev–Trinajstić information content (AvgIpc) is 2.22. The molecular weight excluding hydrogens is 363 g/mol. The lowest BCUT2D eigenvalue weighted by molar-refractivity contribution is -0.139. The molecule has 0 bridgehead atoms. The van der Waals surface area contributed by atoms with Crippen molar-refractivity contribution in [3.05, 3.63) is 34.3 Å². The second-order valence-electron chi connectivity index (χ2n) is 6.00. The molecule has 0 aliphatic rings. The van der Waals surface area contributed by atoms with E-state index in [2.05, 4.69) is 21.2 Å². The lowest BCUT2D eigenvalue weighted by Crippen LogP contribution is -2.42. The van der Waals surface area contributed by atoms with Crippen molar-refractivity contribution in [2.24, 2.45) is 0 Å². The molecule has 0 aliphatic heterocycles. The van der Waals surface area contributed by atoms with Gasteiger partial charge in [-0.1, -0.05) is 28.1 Å². The Bertz CT molecular complexity index is 512. The summed E-state index contributed by atoms with van der Waals surface area (Å²) in [6.45, 7) is 4.96. The molecule has 0 spiro atoms. The number of carbonyl (C=O) groups excluding carboxylic acids is 1. The fourth-order valence-electron chi connectivity index (χ4n) is 1.88. The van der Waals surface area contributed by atoms with Gasteiger partial charge in [0, 0.05) is 10.5 Å². The van der Waals surface area contributed by atoms with Crippen molar-refractivity contribution < 1.29 is 22.7 Å². The summed E-state index contributed by atoms with van der Waals surface area (Å²) in [5, 5.41) is 2.30. The third-order valence-corrected chi connectivity index (χ3v) is 3.06. The fourth-order valence-corrected chi connectivity index (χ4v) is 2.32. The van der Waals surface area contributed by atoms with E-state index in [0.717, 1.165) is 4.47 Å². The molecule has 0 heterocycles. The molecule has 0 saturated carbocycles. The van der Waals surface area contributed by atoms with Gasteiger partial charge >= 0.3 is 12.3 Å². The van der Waals surface area contributed by atoms with Crippen LogP contribution in [0.15, 0.2) is 28.7 Å². The fraction of sp³-hybridized carbons (Fsp3) is 0.533. The van der Waals surface area contributed by atoms with E-state index >= 15 is 0 Å². The van der Waals surface area contributed by atoms with Crippen LogP contribution in [0.1, 0.15) is 32.8 Å². The highest BCUT2D eigenvalue weighted by Gasteiger charge is 2.33. The summed E-state index contributed by atoms with van der Waals surface area (Å²) in [4.78, 5) is 11.7. The van der Waals surface area contributed by atoms with E-state index in [4.69, 9.17) is 4.74 Å². The summed E-state index contributed by atoms with van der Waals surface area (Å²) in [5.41, 5.74) is -0.0671. The van der Waals surface area contributed by atoms with Crippen LogP contribution in [0.3, 0.4) is 0 Å². The van der Waals surface area contributed by atoms with Crippen LogP contribution in [-0.2, 0) is 11.2 Å². The molecular formula is C15H19BrF3NO2. The number of alkyl halides is 3. The molecule has 0 saturated heterocycles. The quantitative estimate of drug-likeness (QED) is 0.810. The number of benzene rings is 1. The van der Waals surface area contributed by atoms with Gasteiger partial charge in [0.25, 0.3) is 0 Å². The first-order valence-electron chi connectivity index (χ1n) is 6.75. The van der Waals surface area contributed by atoms with Crippen LogP contribution in [0, 0.1) is 0 Å². The maximum absolute atomic E-state index is 12.7. The molecule has 0 aromatic heterocycles. The van der Waals surface area contributed by atoms with Crippen LogP contribution >= 0.6 is 15.9 Å². The first-order chi connectivity index (χ1) is 9.94. The molecule has 22 heavy (non-hydrogen) atoms. The van der Waals surface area contributed by atoms with E-state index in [0.29, 0.717) is 5.56 Å². The lowest BCUT2D eigenvalue weighted by Gasteiger charge is -2.24. The number of hydrogen-bond donors (Lipinski definition) is 1. The summed E-state index contributed by atoms with van der Waals surface area (Å²) < 4.78 is 43.8. The number of alkyl carbamates (subject to hydrolysis) is 1. The topological polar surface area (TPSA) is 38.3 Å². The van der Waals surface area contributed by atoms with Gasteiger partial charge < -0.3 is 10.1 Å². The molecule has 124 valence electrons. The molecule has 1 aromatic carbocycles. The minimum atomic E-state index is -4.37. The zero-order valence-corrected chi connectivity index (χ0v) is 14.2. The van der Waals surface area contributed by atoms with Gasteiger partial charge in [0.2, 0.25) is 0 Å². The maximum atomic E-state index is 12.7. The summed E-state index contributed by atoms with van der Waals surface area (Å²) in [7, 11) is 0. The van der Waals surface area contributed by atoms with E-state index in [1.807, 2.05) is 0 Å². The van der Waals surface area contributed by atoms with Crippen molar-refractivity contribution in [3.8, 4) is 0 Å². The van der Waals surface area contributed by atoms with E-state index in [1.165, 1.54) is 0 Å². The second kappa shape index (κ2) is 7.35. The molecule has 0 aliphatic carbocycles. The van der Waals surface area contributed by atoms with Crippen LogP contribution < -0.4 is 5.32 Å². The predicted octanol–water partition coefficient (Wildman–Crippen LogP) is 4.84. The number of carbonyl (C=O) groups is 1. The molecule has 0 fully saturated rings. The summed E-state index contributed by atoms with van der Waals surface area (Å²) in [6.07, 6.45) is -6.26. The first-order valence-corrected chi connectivity index (χ1v) is 7.54. The highest BCUT2D eigenvalue weighted by atomic mass is 79.9. The third kappa shape index (κ3) is 8.26. The molecule has 1 rings (SSSR count). The van der Waals surface area contributed by atoms with Crippen molar-refractivity contribution in [2.75, 3.05) is 0 Å². The summed E-state index contributed by atoms with van der Waals surface area (Å²) in [6, 6.07) is 5.87. The largest absolute Gasteiger partial charge is 0.444 e. The molecule has 1 N–H and O–H groups in total. The van der Waals surface area contributed by atoms with Crippen molar-refractivity contribution in [3.63, 3.8) is 0 Å². The van der Waals surface area contributed by atoms with Gasteiger partial charge in [-0.05, 0) is 44.9 Å². The zero-order chi connectivity index (χ0) is 17.0. The van der Waals surface area contributed by atoms with Crippen molar-refractivity contribution in [1.29, 1.82) is 0 Å². The molecule has 1 aromatic rings. The molecule has 1 amide bonds. The van der Waals surface area contributed by atoms with Crippen LogP contribution in [0.4, 0.5) is 18.0 Å². The van der Waals surface area contributed by atoms with Crippen LogP contribution in [0.5, 0.6) is 0 Å². The molecule has 1 unspecified atom stereocenters. The Kier molecular flexibility index (Phi) is 6.28. The Morgan fingerprint density at radius 1 is 1.32 bits per heavy atom.